The highest BCUT2D eigenvalue weighted by Gasteiger charge is 2.38. The lowest BCUT2D eigenvalue weighted by Gasteiger charge is -2.45. The van der Waals surface area contributed by atoms with E-state index in [1.807, 2.05) is 0 Å². The lowest BCUT2D eigenvalue weighted by Crippen LogP contribution is -2.32. The summed E-state index contributed by atoms with van der Waals surface area (Å²) in [7, 11) is 0. The van der Waals surface area contributed by atoms with E-state index in [9.17, 15) is 0 Å². The molecule has 0 nitrogen and oxygen atoms in total. The fourth-order valence-corrected chi connectivity index (χ4v) is 2.59. The van der Waals surface area contributed by atoms with Gasteiger partial charge in [-0.25, -0.2) is 0 Å². The van der Waals surface area contributed by atoms with Gasteiger partial charge in [0.25, 0.3) is 0 Å². The molecule has 0 aromatic heterocycles. The Morgan fingerprint density at radius 3 is 1.54 bits per heavy atom. The number of hydrogen-bond acceptors (Lipinski definition) is 0. The Morgan fingerprint density at radius 1 is 0.923 bits per heavy atom. The molecule has 0 aromatic carbocycles. The average molecular weight is 180 g/mol. The summed E-state index contributed by atoms with van der Waals surface area (Å²) in [5.41, 5.74) is 4.17. The molecule has 0 aromatic rings. The minimum Gasteiger partial charge on any atom is -0.0642 e. The first-order valence-corrected chi connectivity index (χ1v) is 5.38. The Hall–Kier alpha value is -0.260. The predicted molar refractivity (Wildman–Crippen MR) is 59.7 cm³/mol. The molecule has 76 valence electrons. The molecule has 0 bridgehead atoms. The molecular formula is C13H24. The second kappa shape index (κ2) is 2.87. The zero-order chi connectivity index (χ0) is 10.4. The van der Waals surface area contributed by atoms with E-state index in [0.717, 1.165) is 5.92 Å². The van der Waals surface area contributed by atoms with Gasteiger partial charge in [0.05, 0.1) is 0 Å². The van der Waals surface area contributed by atoms with Crippen LogP contribution in [0.5, 0.6) is 0 Å². The molecular weight excluding hydrogens is 156 g/mol. The van der Waals surface area contributed by atoms with Gasteiger partial charge in [0.2, 0.25) is 0 Å². The van der Waals surface area contributed by atoms with Gasteiger partial charge in [-0.05, 0) is 23.2 Å². The molecule has 0 aliphatic heterocycles. The standard InChI is InChI=1S/C13H24/c1-9-8-10(12(2,3)4)11(9)13(5,6)7/h9H,8H2,1-7H3. The van der Waals surface area contributed by atoms with Gasteiger partial charge < -0.3 is 0 Å². The van der Waals surface area contributed by atoms with Crippen molar-refractivity contribution in [2.24, 2.45) is 16.7 Å². The Labute approximate surface area is 83.4 Å². The van der Waals surface area contributed by atoms with Crippen LogP contribution >= 0.6 is 0 Å². The fraction of sp³-hybridized carbons (Fsp3) is 0.846. The van der Waals surface area contributed by atoms with E-state index in [2.05, 4.69) is 48.5 Å². The minimum atomic E-state index is 0.375. The van der Waals surface area contributed by atoms with Crippen molar-refractivity contribution in [1.29, 1.82) is 0 Å². The normalized spacial score (nSPS) is 24.7. The summed E-state index contributed by atoms with van der Waals surface area (Å²) in [5.74, 6) is 0.814. The molecule has 1 aliphatic rings. The summed E-state index contributed by atoms with van der Waals surface area (Å²) in [6, 6.07) is 0. The lowest BCUT2D eigenvalue weighted by atomic mass is 9.60. The second-order valence-electron chi connectivity index (χ2n) is 6.50. The monoisotopic (exact) mass is 180 g/mol. The molecule has 0 saturated carbocycles. The highest BCUT2D eigenvalue weighted by molar-refractivity contribution is 5.35. The second-order valence-corrected chi connectivity index (χ2v) is 6.50. The average Bonchev–Trinajstić information content (AvgIpc) is 1.75. The Balaban J connectivity index is 3.05. The zero-order valence-electron chi connectivity index (χ0n) is 10.3. The molecule has 0 heterocycles. The van der Waals surface area contributed by atoms with E-state index in [4.69, 9.17) is 0 Å². The van der Waals surface area contributed by atoms with E-state index >= 15 is 0 Å². The maximum Gasteiger partial charge on any atom is -0.0167 e. The van der Waals surface area contributed by atoms with E-state index in [1.165, 1.54) is 6.42 Å². The molecule has 1 aliphatic carbocycles. The van der Waals surface area contributed by atoms with Crippen LogP contribution in [0.2, 0.25) is 0 Å². The largest absolute Gasteiger partial charge is 0.0642 e. The lowest BCUT2D eigenvalue weighted by molar-refractivity contribution is 0.323. The first-order valence-electron chi connectivity index (χ1n) is 5.38. The molecule has 1 atom stereocenters. The first kappa shape index (κ1) is 10.8. The van der Waals surface area contributed by atoms with Gasteiger partial charge in [0, 0.05) is 0 Å². The molecule has 0 fully saturated rings. The van der Waals surface area contributed by atoms with Crippen LogP contribution in [-0.2, 0) is 0 Å². The van der Waals surface area contributed by atoms with Gasteiger partial charge in [-0.15, -0.1) is 0 Å². The van der Waals surface area contributed by atoms with Gasteiger partial charge in [0.15, 0.2) is 0 Å². The number of allylic oxidation sites excluding steroid dienone is 2. The quantitative estimate of drug-likeness (QED) is 0.484. The maximum absolute atomic E-state index is 2.36. The van der Waals surface area contributed by atoms with Gasteiger partial charge >= 0.3 is 0 Å². The molecule has 0 N–H and O–H groups in total. The summed E-state index contributed by atoms with van der Waals surface area (Å²) < 4.78 is 0. The van der Waals surface area contributed by atoms with Crippen molar-refractivity contribution in [3.63, 3.8) is 0 Å². The van der Waals surface area contributed by atoms with Gasteiger partial charge in [-0.3, -0.25) is 0 Å². The topological polar surface area (TPSA) is 0 Å². The number of hydrogen-bond donors (Lipinski definition) is 0. The summed E-state index contributed by atoms with van der Waals surface area (Å²) in [6.07, 6.45) is 1.32. The maximum atomic E-state index is 2.36. The molecule has 0 spiro atoms. The molecule has 0 heteroatoms. The third-order valence-electron chi connectivity index (χ3n) is 3.04. The molecule has 13 heavy (non-hydrogen) atoms. The third kappa shape index (κ3) is 1.98. The van der Waals surface area contributed by atoms with Gasteiger partial charge in [0.1, 0.15) is 0 Å². The van der Waals surface area contributed by atoms with Crippen LogP contribution in [0.1, 0.15) is 54.9 Å². The van der Waals surface area contributed by atoms with Gasteiger partial charge in [-0.2, -0.15) is 0 Å². The van der Waals surface area contributed by atoms with Crippen molar-refractivity contribution in [3.05, 3.63) is 11.1 Å². The number of rotatable bonds is 0. The molecule has 0 radical (unpaired) electrons. The van der Waals surface area contributed by atoms with Gasteiger partial charge in [-0.1, -0.05) is 59.6 Å². The summed E-state index contributed by atoms with van der Waals surface area (Å²) >= 11 is 0. The third-order valence-corrected chi connectivity index (χ3v) is 3.04. The van der Waals surface area contributed by atoms with E-state index in [1.54, 1.807) is 11.1 Å². The van der Waals surface area contributed by atoms with Crippen molar-refractivity contribution in [2.45, 2.75) is 54.9 Å². The van der Waals surface area contributed by atoms with Crippen LogP contribution in [0, 0.1) is 16.7 Å². The van der Waals surface area contributed by atoms with Crippen LogP contribution in [0.4, 0.5) is 0 Å². The molecule has 0 saturated heterocycles. The highest BCUT2D eigenvalue weighted by atomic mass is 14.4. The SMILES string of the molecule is CC1CC(C(C)(C)C)=C1C(C)(C)C. The molecule has 0 amide bonds. The van der Waals surface area contributed by atoms with Crippen LogP contribution in [-0.4, -0.2) is 0 Å². The summed E-state index contributed by atoms with van der Waals surface area (Å²) in [6.45, 7) is 16.4. The van der Waals surface area contributed by atoms with E-state index in [0.29, 0.717) is 10.8 Å². The molecule has 1 unspecified atom stereocenters. The Morgan fingerprint density at radius 2 is 1.38 bits per heavy atom. The summed E-state index contributed by atoms with van der Waals surface area (Å²) in [4.78, 5) is 0. The van der Waals surface area contributed by atoms with Crippen molar-refractivity contribution >= 4 is 0 Å². The zero-order valence-corrected chi connectivity index (χ0v) is 10.3. The van der Waals surface area contributed by atoms with Crippen LogP contribution < -0.4 is 0 Å². The van der Waals surface area contributed by atoms with E-state index in [-0.39, 0.29) is 0 Å². The molecule has 1 rings (SSSR count). The fourth-order valence-electron chi connectivity index (χ4n) is 2.59. The Kier molecular flexibility index (Phi) is 2.38. The van der Waals surface area contributed by atoms with Crippen molar-refractivity contribution in [2.75, 3.05) is 0 Å². The van der Waals surface area contributed by atoms with Crippen molar-refractivity contribution in [3.8, 4) is 0 Å². The van der Waals surface area contributed by atoms with Crippen molar-refractivity contribution in [1.82, 2.24) is 0 Å². The van der Waals surface area contributed by atoms with Crippen molar-refractivity contribution < 1.29 is 0 Å². The van der Waals surface area contributed by atoms with E-state index < -0.39 is 0 Å². The highest BCUT2D eigenvalue weighted by Crippen LogP contribution is 2.51. The van der Waals surface area contributed by atoms with Crippen LogP contribution in [0.15, 0.2) is 11.1 Å². The smallest absolute Gasteiger partial charge is 0.0167 e. The van der Waals surface area contributed by atoms with Crippen LogP contribution in [0.3, 0.4) is 0 Å². The Bertz CT molecular complexity index is 230. The summed E-state index contributed by atoms with van der Waals surface area (Å²) in [5, 5.41) is 0. The van der Waals surface area contributed by atoms with Crippen LogP contribution in [0.25, 0.3) is 0 Å². The first-order chi connectivity index (χ1) is 5.64. The minimum absolute atomic E-state index is 0.375. The predicted octanol–water partition coefficient (Wildman–Crippen LogP) is 4.42.